The summed E-state index contributed by atoms with van der Waals surface area (Å²) >= 11 is 6.31. The lowest BCUT2D eigenvalue weighted by molar-refractivity contribution is 0.106. The number of aromatic nitrogens is 4. The van der Waals surface area contributed by atoms with E-state index in [1.54, 1.807) is 6.33 Å². The molecule has 1 fully saturated rings. The van der Waals surface area contributed by atoms with Gasteiger partial charge in [0.2, 0.25) is 0 Å². The Balaban J connectivity index is 1.19. The molecule has 0 bridgehead atoms. The second-order valence-electron chi connectivity index (χ2n) is 12.4. The lowest BCUT2D eigenvalue weighted by atomic mass is 9.94. The van der Waals surface area contributed by atoms with Crippen LogP contribution >= 0.6 is 11.6 Å². The van der Waals surface area contributed by atoms with Gasteiger partial charge in [-0.1, -0.05) is 41.9 Å². The third-order valence-corrected chi connectivity index (χ3v) is 8.37. The summed E-state index contributed by atoms with van der Waals surface area (Å²) in [6.07, 6.45) is 9.36. The van der Waals surface area contributed by atoms with Gasteiger partial charge in [-0.15, -0.1) is 0 Å². The van der Waals surface area contributed by atoms with Gasteiger partial charge in [0.15, 0.2) is 0 Å². The maximum atomic E-state index is 6.31. The molecule has 7 heteroatoms. The molecule has 2 aromatic carbocycles. The lowest BCUT2D eigenvalue weighted by Gasteiger charge is -2.21. The van der Waals surface area contributed by atoms with Crippen LogP contribution in [0.25, 0.3) is 21.9 Å². The maximum absolute atomic E-state index is 6.31. The molecule has 212 valence electrons. The minimum absolute atomic E-state index is 0.0455. The summed E-state index contributed by atoms with van der Waals surface area (Å²) in [5.74, 6) is 1.57. The van der Waals surface area contributed by atoms with Gasteiger partial charge >= 0.3 is 0 Å². The number of aryl methyl sites for hydroxylation is 1. The van der Waals surface area contributed by atoms with Gasteiger partial charge in [0.1, 0.15) is 22.9 Å². The third kappa shape index (κ3) is 6.55. The Bertz CT molecular complexity index is 1640. The van der Waals surface area contributed by atoms with Crippen LogP contribution in [-0.4, -0.2) is 25.1 Å². The number of ether oxygens (including phenoxy) is 1. The molecule has 0 radical (unpaired) electrons. The Hall–Kier alpha value is -3.48. The summed E-state index contributed by atoms with van der Waals surface area (Å²) in [7, 11) is 0. The number of pyridine rings is 1. The first kappa shape index (κ1) is 27.7. The first-order valence-corrected chi connectivity index (χ1v) is 15.0. The van der Waals surface area contributed by atoms with Gasteiger partial charge in [0, 0.05) is 23.2 Å². The summed E-state index contributed by atoms with van der Waals surface area (Å²) in [4.78, 5) is 13.6. The number of hydrogen-bond acceptors (Lipinski definition) is 5. The highest BCUT2D eigenvalue weighted by atomic mass is 35.5. The van der Waals surface area contributed by atoms with Crippen molar-refractivity contribution < 1.29 is 4.74 Å². The smallest absolute Gasteiger partial charge is 0.145 e. The molecule has 6 rings (SSSR count). The van der Waals surface area contributed by atoms with Crippen molar-refractivity contribution in [3.05, 3.63) is 95.0 Å². The minimum atomic E-state index is -0.0455. The Morgan fingerprint density at radius 2 is 1.83 bits per heavy atom. The summed E-state index contributed by atoms with van der Waals surface area (Å²) in [5.41, 5.74) is 5.70. The molecule has 5 aromatic rings. The minimum Gasteiger partial charge on any atom is -0.372 e. The van der Waals surface area contributed by atoms with Crippen molar-refractivity contribution in [1.29, 1.82) is 0 Å². The molecule has 41 heavy (non-hydrogen) atoms. The SMILES string of the molecule is CC(C)(C)Nc1ccc2cc(COCc3ccccc3)c(CCC3CCC(n4ccc5c(Cl)ncnc54)C3)cc2n1. The Kier molecular flexibility index (Phi) is 7.96. The monoisotopic (exact) mass is 567 g/mol. The molecule has 6 nitrogen and oxygen atoms in total. The normalized spacial score (nSPS) is 17.5. The molecular weight excluding hydrogens is 530 g/mol. The van der Waals surface area contributed by atoms with Gasteiger partial charge < -0.3 is 14.6 Å². The highest BCUT2D eigenvalue weighted by molar-refractivity contribution is 6.33. The van der Waals surface area contributed by atoms with Crippen molar-refractivity contribution in [3.63, 3.8) is 0 Å². The van der Waals surface area contributed by atoms with Crippen LogP contribution in [-0.2, 0) is 24.4 Å². The molecule has 1 aliphatic rings. The van der Waals surface area contributed by atoms with Crippen molar-refractivity contribution in [2.75, 3.05) is 5.32 Å². The number of fused-ring (bicyclic) bond motifs is 2. The first-order chi connectivity index (χ1) is 19.8. The van der Waals surface area contributed by atoms with Crippen LogP contribution in [0, 0.1) is 5.92 Å². The van der Waals surface area contributed by atoms with E-state index in [0.717, 1.165) is 53.4 Å². The van der Waals surface area contributed by atoms with Crippen LogP contribution in [0.4, 0.5) is 5.82 Å². The molecule has 1 saturated carbocycles. The third-order valence-electron chi connectivity index (χ3n) is 8.07. The number of rotatable bonds is 9. The van der Waals surface area contributed by atoms with Crippen LogP contribution in [0.2, 0.25) is 5.15 Å². The summed E-state index contributed by atoms with van der Waals surface area (Å²) in [5, 5.41) is 6.12. The topological polar surface area (TPSA) is 64.9 Å². The molecule has 1 N–H and O–H groups in total. The lowest BCUT2D eigenvalue weighted by Crippen LogP contribution is -2.26. The number of benzene rings is 2. The Morgan fingerprint density at radius 1 is 0.976 bits per heavy atom. The average Bonchev–Trinajstić information content (AvgIpc) is 3.59. The second-order valence-corrected chi connectivity index (χ2v) is 12.7. The van der Waals surface area contributed by atoms with E-state index >= 15 is 0 Å². The zero-order chi connectivity index (χ0) is 28.4. The number of hydrogen-bond donors (Lipinski definition) is 1. The first-order valence-electron chi connectivity index (χ1n) is 14.6. The van der Waals surface area contributed by atoms with Crippen LogP contribution in [0.15, 0.2) is 73.2 Å². The Morgan fingerprint density at radius 3 is 2.66 bits per heavy atom. The van der Waals surface area contributed by atoms with E-state index < -0.39 is 0 Å². The van der Waals surface area contributed by atoms with Crippen molar-refractivity contribution in [1.82, 2.24) is 19.5 Å². The fraction of sp³-hybridized carbons (Fsp3) is 0.382. The molecule has 0 spiro atoms. The summed E-state index contributed by atoms with van der Waals surface area (Å²) in [6.45, 7) is 7.66. The largest absolute Gasteiger partial charge is 0.372 e. The zero-order valence-corrected chi connectivity index (χ0v) is 24.9. The summed E-state index contributed by atoms with van der Waals surface area (Å²) in [6, 6.07) is 21.7. The van der Waals surface area contributed by atoms with Crippen molar-refractivity contribution in [2.45, 2.75) is 77.7 Å². The number of halogens is 1. The van der Waals surface area contributed by atoms with Crippen molar-refractivity contribution in [2.24, 2.45) is 5.92 Å². The fourth-order valence-electron chi connectivity index (χ4n) is 6.09. The van der Waals surface area contributed by atoms with Gasteiger partial charge in [-0.3, -0.25) is 0 Å². The fourth-order valence-corrected chi connectivity index (χ4v) is 6.28. The second kappa shape index (κ2) is 11.8. The van der Waals surface area contributed by atoms with E-state index in [2.05, 4.69) is 95.4 Å². The highest BCUT2D eigenvalue weighted by Gasteiger charge is 2.27. The van der Waals surface area contributed by atoms with Gasteiger partial charge in [-0.25, -0.2) is 15.0 Å². The molecule has 0 amide bonds. The maximum Gasteiger partial charge on any atom is 0.145 e. The van der Waals surface area contributed by atoms with E-state index in [4.69, 9.17) is 21.3 Å². The molecule has 2 unspecified atom stereocenters. The van der Waals surface area contributed by atoms with Crippen molar-refractivity contribution in [3.8, 4) is 0 Å². The van der Waals surface area contributed by atoms with E-state index in [9.17, 15) is 0 Å². The van der Waals surface area contributed by atoms with Crippen LogP contribution in [0.5, 0.6) is 0 Å². The Labute approximate surface area is 247 Å². The number of nitrogens with zero attached hydrogens (tertiary/aromatic N) is 4. The predicted molar refractivity (Wildman–Crippen MR) is 167 cm³/mol. The van der Waals surface area contributed by atoms with Gasteiger partial charge in [0.05, 0.1) is 24.1 Å². The van der Waals surface area contributed by atoms with Crippen LogP contribution in [0.3, 0.4) is 0 Å². The van der Waals surface area contributed by atoms with Gasteiger partial charge in [0.25, 0.3) is 0 Å². The van der Waals surface area contributed by atoms with E-state index in [1.165, 1.54) is 23.1 Å². The number of anilines is 1. The highest BCUT2D eigenvalue weighted by Crippen LogP contribution is 2.39. The predicted octanol–water partition coefficient (Wildman–Crippen LogP) is 8.53. The molecular formula is C34H38ClN5O. The van der Waals surface area contributed by atoms with Crippen LogP contribution < -0.4 is 5.32 Å². The number of nitrogens with one attached hydrogen (secondary N) is 1. The quantitative estimate of drug-likeness (QED) is 0.181. The van der Waals surface area contributed by atoms with E-state index in [1.807, 2.05) is 12.1 Å². The molecule has 3 aromatic heterocycles. The van der Waals surface area contributed by atoms with Gasteiger partial charge in [-0.05, 0) is 106 Å². The molecule has 3 heterocycles. The standard InChI is InChI=1S/C34H38ClN5O/c1-34(2,3)39-31-14-12-26-18-27(21-41-20-24-7-5-4-6-8-24)25(19-30(26)38-31)11-9-23-10-13-28(17-23)40-16-15-29-32(35)36-22-37-33(29)40/h4-8,12,14-16,18-19,22-23,28H,9-11,13,17,20-21H2,1-3H3,(H,38,39). The van der Waals surface area contributed by atoms with Crippen LogP contribution in [0.1, 0.15) is 69.2 Å². The van der Waals surface area contributed by atoms with E-state index in [-0.39, 0.29) is 5.54 Å². The average molecular weight is 568 g/mol. The zero-order valence-electron chi connectivity index (χ0n) is 24.1. The van der Waals surface area contributed by atoms with E-state index in [0.29, 0.717) is 30.3 Å². The molecule has 2 atom stereocenters. The molecule has 0 aliphatic heterocycles. The molecule has 1 aliphatic carbocycles. The molecule has 0 saturated heterocycles. The summed E-state index contributed by atoms with van der Waals surface area (Å²) < 4.78 is 8.52. The van der Waals surface area contributed by atoms with Gasteiger partial charge in [-0.2, -0.15) is 0 Å². The van der Waals surface area contributed by atoms with Crippen molar-refractivity contribution >= 4 is 39.4 Å².